The first-order valence-electron chi connectivity index (χ1n) is 3.89. The second-order valence-electron chi connectivity index (χ2n) is 2.96. The molecule has 1 N–H and O–H groups in total. The van der Waals surface area contributed by atoms with E-state index < -0.39 is 0 Å². The second kappa shape index (κ2) is 2.53. The lowest BCUT2D eigenvalue weighted by molar-refractivity contribution is 0.394. The van der Waals surface area contributed by atoms with Gasteiger partial charge in [0.05, 0.1) is 0 Å². The molecule has 1 aliphatic rings. The minimum atomic E-state index is 0.614. The molecule has 1 aliphatic carbocycles. The van der Waals surface area contributed by atoms with Crippen LogP contribution in [0.1, 0.15) is 18.7 Å². The zero-order valence-electron chi connectivity index (χ0n) is 6.50. The van der Waals surface area contributed by atoms with Gasteiger partial charge in [-0.2, -0.15) is 4.98 Å². The fourth-order valence-electron chi connectivity index (χ4n) is 0.929. The van der Waals surface area contributed by atoms with Crippen molar-refractivity contribution in [2.45, 2.75) is 19.8 Å². The largest absolute Gasteiger partial charge is 0.351 e. The van der Waals surface area contributed by atoms with Gasteiger partial charge < -0.3 is 9.84 Å². The van der Waals surface area contributed by atoms with Gasteiger partial charge in [-0.15, -0.1) is 0 Å². The van der Waals surface area contributed by atoms with Crippen LogP contribution in [0.3, 0.4) is 0 Å². The molecular weight excluding hydrogens is 142 g/mol. The molecule has 60 valence electrons. The number of hydrogen-bond donors (Lipinski definition) is 1. The summed E-state index contributed by atoms with van der Waals surface area (Å²) in [7, 11) is 0. The molecule has 0 unspecified atom stereocenters. The predicted molar refractivity (Wildman–Crippen MR) is 40.2 cm³/mol. The van der Waals surface area contributed by atoms with Crippen molar-refractivity contribution in [3.63, 3.8) is 0 Å². The molecular formula is C7H11N3O. The van der Waals surface area contributed by atoms with Crippen molar-refractivity contribution >= 4 is 5.95 Å². The summed E-state index contributed by atoms with van der Waals surface area (Å²) in [5.74, 6) is 2.08. The summed E-state index contributed by atoms with van der Waals surface area (Å²) in [6.45, 7) is 2.77. The average molecular weight is 153 g/mol. The monoisotopic (exact) mass is 153 g/mol. The normalized spacial score (nSPS) is 16.8. The Kier molecular flexibility index (Phi) is 1.52. The van der Waals surface area contributed by atoms with Crippen LogP contribution >= 0.6 is 0 Å². The molecule has 1 aromatic heterocycles. The maximum Gasteiger partial charge on any atom is 0.263 e. The van der Waals surface area contributed by atoms with Crippen LogP contribution < -0.4 is 5.32 Å². The van der Waals surface area contributed by atoms with E-state index in [-0.39, 0.29) is 0 Å². The third-order valence-corrected chi connectivity index (χ3v) is 1.77. The summed E-state index contributed by atoms with van der Waals surface area (Å²) in [4.78, 5) is 4.02. The van der Waals surface area contributed by atoms with Gasteiger partial charge in [0.25, 0.3) is 5.95 Å². The Morgan fingerprint density at radius 2 is 2.45 bits per heavy atom. The maximum atomic E-state index is 4.79. The van der Waals surface area contributed by atoms with Crippen molar-refractivity contribution in [2.75, 3.05) is 11.9 Å². The minimum absolute atomic E-state index is 0.614. The van der Waals surface area contributed by atoms with Crippen LogP contribution in [-0.2, 0) is 0 Å². The number of aryl methyl sites for hydroxylation is 1. The SMILES string of the molecule is Cc1nc(NCC2CC2)no1. The molecule has 1 aromatic rings. The molecule has 4 nitrogen and oxygen atoms in total. The molecule has 0 saturated heterocycles. The van der Waals surface area contributed by atoms with E-state index >= 15 is 0 Å². The lowest BCUT2D eigenvalue weighted by Crippen LogP contribution is -2.04. The first-order valence-corrected chi connectivity index (χ1v) is 3.89. The summed E-state index contributed by atoms with van der Waals surface area (Å²) in [6.07, 6.45) is 2.67. The molecule has 4 heteroatoms. The molecule has 0 radical (unpaired) electrons. The van der Waals surface area contributed by atoms with Crippen molar-refractivity contribution in [1.82, 2.24) is 10.1 Å². The predicted octanol–water partition coefficient (Wildman–Crippen LogP) is 1.20. The van der Waals surface area contributed by atoms with E-state index in [0.29, 0.717) is 11.8 Å². The van der Waals surface area contributed by atoms with Crippen LogP contribution in [0.4, 0.5) is 5.95 Å². The van der Waals surface area contributed by atoms with Crippen molar-refractivity contribution in [3.8, 4) is 0 Å². The van der Waals surface area contributed by atoms with E-state index in [1.807, 2.05) is 0 Å². The van der Waals surface area contributed by atoms with Crippen molar-refractivity contribution in [1.29, 1.82) is 0 Å². The van der Waals surface area contributed by atoms with Crippen LogP contribution in [0.5, 0.6) is 0 Å². The number of nitrogens with zero attached hydrogens (tertiary/aromatic N) is 2. The standard InChI is InChI=1S/C7H11N3O/c1-5-9-7(10-11-5)8-4-6-2-3-6/h6H,2-4H2,1H3,(H,8,10). The second-order valence-corrected chi connectivity index (χ2v) is 2.96. The summed E-state index contributed by atoms with van der Waals surface area (Å²) in [6, 6.07) is 0. The summed E-state index contributed by atoms with van der Waals surface area (Å²) >= 11 is 0. The van der Waals surface area contributed by atoms with Gasteiger partial charge in [0.2, 0.25) is 5.89 Å². The highest BCUT2D eigenvalue weighted by Crippen LogP contribution is 2.28. The first kappa shape index (κ1) is 6.64. The van der Waals surface area contributed by atoms with Crippen LogP contribution in [0.25, 0.3) is 0 Å². The molecule has 1 heterocycles. The van der Waals surface area contributed by atoms with Crippen LogP contribution in [0, 0.1) is 12.8 Å². The molecule has 1 fully saturated rings. The van der Waals surface area contributed by atoms with Crippen molar-refractivity contribution in [2.24, 2.45) is 5.92 Å². The minimum Gasteiger partial charge on any atom is -0.351 e. The van der Waals surface area contributed by atoms with Gasteiger partial charge >= 0.3 is 0 Å². The van der Waals surface area contributed by atoms with E-state index in [1.54, 1.807) is 6.92 Å². The van der Waals surface area contributed by atoms with E-state index in [0.717, 1.165) is 12.5 Å². The van der Waals surface area contributed by atoms with Gasteiger partial charge in [-0.25, -0.2) is 0 Å². The topological polar surface area (TPSA) is 51.0 Å². The smallest absolute Gasteiger partial charge is 0.263 e. The molecule has 1 saturated carbocycles. The summed E-state index contributed by atoms with van der Waals surface area (Å²) in [5.41, 5.74) is 0. The Morgan fingerprint density at radius 3 is 3.00 bits per heavy atom. The summed E-state index contributed by atoms with van der Waals surface area (Å²) in [5, 5.41) is 6.83. The Labute approximate surface area is 65.0 Å². The molecule has 0 aliphatic heterocycles. The Bertz CT molecular complexity index is 242. The number of rotatable bonds is 3. The number of aromatic nitrogens is 2. The number of nitrogens with one attached hydrogen (secondary N) is 1. The lowest BCUT2D eigenvalue weighted by atomic mass is 10.4. The van der Waals surface area contributed by atoms with Crippen LogP contribution in [0.2, 0.25) is 0 Å². The number of anilines is 1. The van der Waals surface area contributed by atoms with Crippen LogP contribution in [0.15, 0.2) is 4.52 Å². The number of hydrogen-bond acceptors (Lipinski definition) is 4. The van der Waals surface area contributed by atoms with Crippen LogP contribution in [-0.4, -0.2) is 16.7 Å². The third kappa shape index (κ3) is 1.69. The van der Waals surface area contributed by atoms with Gasteiger partial charge in [0.15, 0.2) is 0 Å². The van der Waals surface area contributed by atoms with Crippen molar-refractivity contribution in [3.05, 3.63) is 5.89 Å². The molecule has 0 amide bonds. The van der Waals surface area contributed by atoms with Gasteiger partial charge in [0, 0.05) is 13.5 Å². The molecule has 0 bridgehead atoms. The van der Waals surface area contributed by atoms with E-state index in [4.69, 9.17) is 4.52 Å². The highest BCUT2D eigenvalue weighted by atomic mass is 16.5. The fourth-order valence-corrected chi connectivity index (χ4v) is 0.929. The quantitative estimate of drug-likeness (QED) is 0.708. The Hall–Kier alpha value is -1.06. The zero-order chi connectivity index (χ0) is 7.68. The van der Waals surface area contributed by atoms with E-state index in [2.05, 4.69) is 15.5 Å². The summed E-state index contributed by atoms with van der Waals surface area (Å²) < 4.78 is 4.79. The molecule has 2 rings (SSSR count). The highest BCUT2D eigenvalue weighted by Gasteiger charge is 2.21. The Balaban J connectivity index is 1.85. The lowest BCUT2D eigenvalue weighted by Gasteiger charge is -1.95. The van der Waals surface area contributed by atoms with Gasteiger partial charge in [-0.3, -0.25) is 0 Å². The fraction of sp³-hybridized carbons (Fsp3) is 0.714. The molecule has 0 atom stereocenters. The maximum absolute atomic E-state index is 4.79. The van der Waals surface area contributed by atoms with E-state index in [9.17, 15) is 0 Å². The molecule has 0 spiro atoms. The molecule has 11 heavy (non-hydrogen) atoms. The van der Waals surface area contributed by atoms with Crippen molar-refractivity contribution < 1.29 is 4.52 Å². The Morgan fingerprint density at radius 1 is 1.64 bits per heavy atom. The highest BCUT2D eigenvalue weighted by molar-refractivity contribution is 5.21. The molecule has 0 aromatic carbocycles. The zero-order valence-corrected chi connectivity index (χ0v) is 6.50. The third-order valence-electron chi connectivity index (χ3n) is 1.77. The van der Waals surface area contributed by atoms with Gasteiger partial charge in [-0.1, -0.05) is 0 Å². The van der Waals surface area contributed by atoms with Gasteiger partial charge in [0.1, 0.15) is 0 Å². The van der Waals surface area contributed by atoms with E-state index in [1.165, 1.54) is 12.8 Å². The average Bonchev–Trinajstić information content (AvgIpc) is 2.72. The van der Waals surface area contributed by atoms with Gasteiger partial charge in [-0.05, 0) is 23.9 Å². The first-order chi connectivity index (χ1) is 5.34.